The van der Waals surface area contributed by atoms with E-state index in [-0.39, 0.29) is 5.89 Å². The minimum Gasteiger partial charge on any atom is -0.474 e. The molecule has 0 saturated heterocycles. The first-order valence-electron chi connectivity index (χ1n) is 3.51. The normalized spacial score (nSPS) is 11.6. The molecule has 5 nitrogen and oxygen atoms in total. The Hall–Kier alpha value is -1.60. The van der Waals surface area contributed by atoms with Gasteiger partial charge in [-0.1, -0.05) is 0 Å². The summed E-state index contributed by atoms with van der Waals surface area (Å²) in [5.74, 6) is -2.50. The molecular weight excluding hydrogens is 205 g/mol. The van der Waals surface area contributed by atoms with Crippen molar-refractivity contribution >= 4 is 5.97 Å². The number of halogens is 3. The minimum atomic E-state index is -4.32. The molecule has 14 heavy (non-hydrogen) atoms. The lowest BCUT2D eigenvalue weighted by Crippen LogP contribution is -2.08. The summed E-state index contributed by atoms with van der Waals surface area (Å²) in [5.41, 5.74) is 0. The van der Waals surface area contributed by atoms with Gasteiger partial charge in [0, 0.05) is 6.42 Å². The molecule has 0 atom stereocenters. The van der Waals surface area contributed by atoms with Gasteiger partial charge in [-0.15, -0.1) is 10.2 Å². The van der Waals surface area contributed by atoms with Crippen molar-refractivity contribution in [1.29, 1.82) is 0 Å². The molecule has 0 saturated carbocycles. The fraction of sp³-hybridized carbons (Fsp3) is 0.500. The summed E-state index contributed by atoms with van der Waals surface area (Å²) in [6.07, 6.45) is -5.95. The van der Waals surface area contributed by atoms with E-state index < -0.39 is 30.9 Å². The molecule has 0 aliphatic carbocycles. The Kier molecular flexibility index (Phi) is 2.73. The molecule has 1 N–H and O–H groups in total. The molecule has 0 unspecified atom stereocenters. The number of carbonyl (C=O) groups is 1. The van der Waals surface area contributed by atoms with Crippen molar-refractivity contribution in [3.05, 3.63) is 11.8 Å². The van der Waals surface area contributed by atoms with E-state index in [9.17, 15) is 18.0 Å². The summed E-state index contributed by atoms with van der Waals surface area (Å²) >= 11 is 0. The van der Waals surface area contributed by atoms with Gasteiger partial charge in [0.1, 0.15) is 0 Å². The second kappa shape index (κ2) is 3.64. The summed E-state index contributed by atoms with van der Waals surface area (Å²) < 4.78 is 39.5. The molecule has 1 aromatic rings. The predicted octanol–water partition coefficient (Wildman–Crippen LogP) is 1.26. The van der Waals surface area contributed by atoms with Crippen LogP contribution in [0.5, 0.6) is 0 Å². The van der Waals surface area contributed by atoms with E-state index in [1.54, 1.807) is 0 Å². The summed E-state index contributed by atoms with van der Waals surface area (Å²) in [5, 5.41) is 14.5. The van der Waals surface area contributed by atoms with Crippen molar-refractivity contribution < 1.29 is 27.5 Å². The number of aromatic nitrogens is 2. The lowest BCUT2D eigenvalue weighted by molar-refractivity contribution is -0.134. The molecule has 78 valence electrons. The first kappa shape index (κ1) is 10.5. The number of alkyl halides is 3. The molecule has 0 bridgehead atoms. The molecule has 8 heteroatoms. The Morgan fingerprint density at radius 1 is 1.43 bits per heavy atom. The number of hydrogen-bond acceptors (Lipinski definition) is 4. The molecule has 1 aromatic heterocycles. The zero-order valence-electron chi connectivity index (χ0n) is 6.71. The van der Waals surface area contributed by atoms with Gasteiger partial charge in [-0.25, -0.2) is 4.79 Å². The molecular formula is C6H5F3N2O3. The highest BCUT2D eigenvalue weighted by Gasteiger charge is 2.28. The third kappa shape index (κ3) is 3.04. The Morgan fingerprint density at radius 3 is 2.50 bits per heavy atom. The number of aromatic carboxylic acids is 1. The first-order valence-corrected chi connectivity index (χ1v) is 3.51. The Morgan fingerprint density at radius 2 is 2.07 bits per heavy atom. The minimum absolute atomic E-state index is 0.334. The maximum atomic E-state index is 11.7. The molecule has 0 aliphatic rings. The van der Waals surface area contributed by atoms with Crippen molar-refractivity contribution in [2.24, 2.45) is 0 Å². The Balaban J connectivity index is 2.56. The van der Waals surface area contributed by atoms with Crippen LogP contribution in [0.1, 0.15) is 23.0 Å². The number of carboxylic acid groups (broad SMARTS) is 1. The number of nitrogens with zero attached hydrogens (tertiary/aromatic N) is 2. The van der Waals surface area contributed by atoms with Crippen LogP contribution in [0.15, 0.2) is 4.42 Å². The average molecular weight is 210 g/mol. The van der Waals surface area contributed by atoms with Gasteiger partial charge >= 0.3 is 18.0 Å². The van der Waals surface area contributed by atoms with Crippen molar-refractivity contribution in [2.75, 3.05) is 0 Å². The fourth-order valence-corrected chi connectivity index (χ4v) is 0.690. The maximum absolute atomic E-state index is 11.7. The zero-order valence-corrected chi connectivity index (χ0v) is 6.71. The summed E-state index contributed by atoms with van der Waals surface area (Å²) in [6.45, 7) is 0. The highest BCUT2D eigenvalue weighted by molar-refractivity contribution is 5.81. The Labute approximate surface area is 75.5 Å². The average Bonchev–Trinajstić information content (AvgIpc) is 2.47. The highest BCUT2D eigenvalue weighted by Crippen LogP contribution is 2.21. The van der Waals surface area contributed by atoms with Crippen LogP contribution in [0.25, 0.3) is 0 Å². The smallest absolute Gasteiger partial charge is 0.393 e. The van der Waals surface area contributed by atoms with Gasteiger partial charge in [-0.2, -0.15) is 13.2 Å². The van der Waals surface area contributed by atoms with E-state index in [1.165, 1.54) is 0 Å². The van der Waals surface area contributed by atoms with Gasteiger partial charge in [0.05, 0.1) is 6.42 Å². The van der Waals surface area contributed by atoms with Crippen molar-refractivity contribution in [3.63, 3.8) is 0 Å². The Bertz CT molecular complexity index is 333. The molecule has 0 radical (unpaired) electrons. The largest absolute Gasteiger partial charge is 0.474 e. The van der Waals surface area contributed by atoms with Crippen molar-refractivity contribution in [1.82, 2.24) is 10.2 Å². The zero-order chi connectivity index (χ0) is 10.8. The molecule has 0 aliphatic heterocycles. The summed E-state index contributed by atoms with van der Waals surface area (Å²) in [6, 6.07) is 0. The van der Waals surface area contributed by atoms with Gasteiger partial charge in [0.15, 0.2) is 0 Å². The number of rotatable bonds is 3. The van der Waals surface area contributed by atoms with Gasteiger partial charge in [0.25, 0.3) is 0 Å². The standard InChI is InChI=1S/C6H5F3N2O3/c7-6(8,9)2-1-3-10-11-4(14-3)5(12)13/h1-2H2,(H,12,13). The monoisotopic (exact) mass is 210 g/mol. The molecule has 0 fully saturated rings. The second-order valence-electron chi connectivity index (χ2n) is 2.42. The molecule has 1 rings (SSSR count). The molecule has 0 amide bonds. The lowest BCUT2D eigenvalue weighted by atomic mass is 10.3. The van der Waals surface area contributed by atoms with Crippen molar-refractivity contribution in [3.8, 4) is 0 Å². The number of carboxylic acids is 1. The van der Waals surface area contributed by atoms with Crippen LogP contribution in [0.3, 0.4) is 0 Å². The SMILES string of the molecule is O=C(O)c1nnc(CCC(F)(F)F)o1. The molecule has 0 spiro atoms. The van der Waals surface area contributed by atoms with Crippen LogP contribution < -0.4 is 0 Å². The second-order valence-corrected chi connectivity index (χ2v) is 2.42. The topological polar surface area (TPSA) is 76.2 Å². The van der Waals surface area contributed by atoms with Crippen LogP contribution in [0.4, 0.5) is 13.2 Å². The lowest BCUT2D eigenvalue weighted by Gasteiger charge is -2.01. The number of hydrogen-bond donors (Lipinski definition) is 1. The third-order valence-electron chi connectivity index (χ3n) is 1.27. The molecule has 0 aromatic carbocycles. The van der Waals surface area contributed by atoms with E-state index in [0.29, 0.717) is 0 Å². The van der Waals surface area contributed by atoms with Gasteiger partial charge in [-0.3, -0.25) is 0 Å². The van der Waals surface area contributed by atoms with Gasteiger partial charge in [0.2, 0.25) is 5.89 Å². The summed E-state index contributed by atoms with van der Waals surface area (Å²) in [4.78, 5) is 10.2. The van der Waals surface area contributed by atoms with Crippen LogP contribution in [0.2, 0.25) is 0 Å². The highest BCUT2D eigenvalue weighted by atomic mass is 19.4. The van der Waals surface area contributed by atoms with E-state index in [1.807, 2.05) is 0 Å². The predicted molar refractivity (Wildman–Crippen MR) is 35.6 cm³/mol. The van der Waals surface area contributed by atoms with Gasteiger partial charge < -0.3 is 9.52 Å². The third-order valence-corrected chi connectivity index (χ3v) is 1.27. The van der Waals surface area contributed by atoms with Crippen LogP contribution in [-0.2, 0) is 6.42 Å². The molecule has 1 heterocycles. The van der Waals surface area contributed by atoms with E-state index in [2.05, 4.69) is 14.6 Å². The number of aryl methyl sites for hydroxylation is 1. The van der Waals surface area contributed by atoms with Gasteiger partial charge in [-0.05, 0) is 0 Å². The maximum Gasteiger partial charge on any atom is 0.393 e. The first-order chi connectivity index (χ1) is 6.38. The van der Waals surface area contributed by atoms with Crippen LogP contribution in [-0.4, -0.2) is 27.4 Å². The van der Waals surface area contributed by atoms with Crippen LogP contribution in [0, 0.1) is 0 Å². The summed E-state index contributed by atoms with van der Waals surface area (Å²) in [7, 11) is 0. The van der Waals surface area contributed by atoms with E-state index >= 15 is 0 Å². The van der Waals surface area contributed by atoms with Crippen LogP contribution >= 0.6 is 0 Å². The van der Waals surface area contributed by atoms with E-state index in [0.717, 1.165) is 0 Å². The quantitative estimate of drug-likeness (QED) is 0.812. The fourth-order valence-electron chi connectivity index (χ4n) is 0.690. The van der Waals surface area contributed by atoms with E-state index in [4.69, 9.17) is 5.11 Å². The van der Waals surface area contributed by atoms with Crippen molar-refractivity contribution in [2.45, 2.75) is 19.0 Å².